The van der Waals surface area contributed by atoms with Crippen molar-refractivity contribution in [2.24, 2.45) is 0 Å². The van der Waals surface area contributed by atoms with E-state index < -0.39 is 0 Å². The molecule has 106 valence electrons. The Balaban J connectivity index is 0.000000861. The van der Waals surface area contributed by atoms with Gasteiger partial charge in [-0.05, 0) is 40.4 Å². The summed E-state index contributed by atoms with van der Waals surface area (Å²) in [5, 5.41) is 0. The molecule has 2 atom stereocenters. The second kappa shape index (κ2) is 8.08. The highest BCUT2D eigenvalue weighted by atomic mass is 79.9. The third-order valence-electron chi connectivity index (χ3n) is 3.06. The van der Waals surface area contributed by atoms with Crippen LogP contribution in [-0.2, 0) is 11.2 Å². The maximum Gasteiger partial charge on any atom is 0.150 e. The van der Waals surface area contributed by atoms with E-state index in [0.717, 1.165) is 13.0 Å². The van der Waals surface area contributed by atoms with E-state index in [4.69, 9.17) is 0 Å². The molecule has 0 bridgehead atoms. The van der Waals surface area contributed by atoms with Gasteiger partial charge >= 0.3 is 0 Å². The minimum absolute atomic E-state index is 0.200. The lowest BCUT2D eigenvalue weighted by atomic mass is 9.96. The minimum Gasteiger partial charge on any atom is -0.298 e. The summed E-state index contributed by atoms with van der Waals surface area (Å²) in [5.41, 5.74) is 0.590. The molecule has 1 aromatic carbocycles. The SMILES string of the molecule is CC.O=C1CCCN(P)C1Cc1cccc(Br)c1F. The Labute approximate surface area is 125 Å². The highest BCUT2D eigenvalue weighted by Gasteiger charge is 2.28. The molecular formula is C14H20BrFNOP. The molecule has 1 heterocycles. The van der Waals surface area contributed by atoms with E-state index in [1.54, 1.807) is 18.2 Å². The molecule has 0 saturated carbocycles. The monoisotopic (exact) mass is 347 g/mol. The van der Waals surface area contributed by atoms with Crippen LogP contribution in [0, 0.1) is 5.82 Å². The van der Waals surface area contributed by atoms with Crippen molar-refractivity contribution in [3.63, 3.8) is 0 Å². The predicted octanol–water partition coefficient (Wildman–Crippen LogP) is 3.98. The van der Waals surface area contributed by atoms with Crippen molar-refractivity contribution < 1.29 is 9.18 Å². The van der Waals surface area contributed by atoms with Gasteiger partial charge in [0, 0.05) is 13.0 Å². The first kappa shape index (κ1) is 16.7. The zero-order valence-electron chi connectivity index (χ0n) is 11.3. The van der Waals surface area contributed by atoms with E-state index in [0.29, 0.717) is 22.9 Å². The number of hydrogen-bond donors (Lipinski definition) is 0. The summed E-state index contributed by atoms with van der Waals surface area (Å²) in [6.07, 6.45) is 1.93. The molecule has 1 aliphatic heterocycles. The Morgan fingerprint density at radius 3 is 2.79 bits per heavy atom. The van der Waals surface area contributed by atoms with Gasteiger partial charge in [0.1, 0.15) is 5.82 Å². The average molecular weight is 348 g/mol. The summed E-state index contributed by atoms with van der Waals surface area (Å²) in [6.45, 7) is 4.87. The number of nitrogens with zero attached hydrogens (tertiary/aromatic N) is 1. The topological polar surface area (TPSA) is 20.3 Å². The highest BCUT2D eigenvalue weighted by Crippen LogP contribution is 2.25. The number of halogens is 2. The van der Waals surface area contributed by atoms with Gasteiger partial charge in [-0.3, -0.25) is 9.46 Å². The van der Waals surface area contributed by atoms with Crippen molar-refractivity contribution in [2.45, 2.75) is 39.2 Å². The number of benzene rings is 1. The van der Waals surface area contributed by atoms with Crippen molar-refractivity contribution in [2.75, 3.05) is 6.54 Å². The molecule has 19 heavy (non-hydrogen) atoms. The van der Waals surface area contributed by atoms with Crippen LogP contribution in [0.5, 0.6) is 0 Å². The van der Waals surface area contributed by atoms with Gasteiger partial charge in [0.05, 0.1) is 10.5 Å². The van der Waals surface area contributed by atoms with Crippen molar-refractivity contribution in [3.8, 4) is 0 Å². The lowest BCUT2D eigenvalue weighted by Crippen LogP contribution is -2.41. The molecule has 0 spiro atoms. The van der Waals surface area contributed by atoms with Crippen LogP contribution in [0.4, 0.5) is 4.39 Å². The third kappa shape index (κ3) is 4.34. The van der Waals surface area contributed by atoms with Crippen LogP contribution in [-0.4, -0.2) is 23.0 Å². The van der Waals surface area contributed by atoms with Crippen molar-refractivity contribution in [1.82, 2.24) is 4.67 Å². The number of hydrogen-bond acceptors (Lipinski definition) is 2. The molecular weight excluding hydrogens is 328 g/mol. The van der Waals surface area contributed by atoms with E-state index in [1.807, 2.05) is 18.5 Å². The van der Waals surface area contributed by atoms with E-state index in [2.05, 4.69) is 25.3 Å². The normalized spacial score (nSPS) is 19.8. The van der Waals surface area contributed by atoms with Crippen molar-refractivity contribution >= 4 is 31.1 Å². The summed E-state index contributed by atoms with van der Waals surface area (Å²) < 4.78 is 16.2. The first-order valence-electron chi connectivity index (χ1n) is 6.56. The summed E-state index contributed by atoms with van der Waals surface area (Å²) in [4.78, 5) is 11.8. The maximum absolute atomic E-state index is 13.8. The van der Waals surface area contributed by atoms with Crippen molar-refractivity contribution in [1.29, 1.82) is 0 Å². The first-order valence-corrected chi connectivity index (χ1v) is 7.87. The number of ketones is 1. The Morgan fingerprint density at radius 1 is 1.47 bits per heavy atom. The summed E-state index contributed by atoms with van der Waals surface area (Å²) in [7, 11) is 2.57. The van der Waals surface area contributed by atoms with E-state index in [9.17, 15) is 9.18 Å². The fraction of sp³-hybridized carbons (Fsp3) is 0.500. The van der Waals surface area contributed by atoms with Crippen molar-refractivity contribution in [3.05, 3.63) is 34.1 Å². The minimum atomic E-state index is -0.260. The quantitative estimate of drug-likeness (QED) is 0.754. The molecule has 1 fully saturated rings. The second-order valence-electron chi connectivity index (χ2n) is 4.24. The second-order valence-corrected chi connectivity index (χ2v) is 5.76. The Morgan fingerprint density at radius 2 is 2.16 bits per heavy atom. The van der Waals surface area contributed by atoms with Crippen LogP contribution >= 0.6 is 25.3 Å². The Hall–Kier alpha value is -0.310. The number of carbonyl (C=O) groups excluding carboxylic acids is 1. The molecule has 0 N–H and O–H groups in total. The summed E-state index contributed by atoms with van der Waals surface area (Å²) in [6, 6.07) is 4.99. The molecule has 0 aromatic heterocycles. The Kier molecular flexibility index (Phi) is 7.12. The number of rotatable bonds is 2. The molecule has 0 radical (unpaired) electrons. The number of piperidine rings is 1. The largest absolute Gasteiger partial charge is 0.298 e. The lowest BCUT2D eigenvalue weighted by Gasteiger charge is -2.31. The van der Waals surface area contributed by atoms with Gasteiger partial charge in [-0.1, -0.05) is 35.4 Å². The van der Waals surface area contributed by atoms with E-state index >= 15 is 0 Å². The smallest absolute Gasteiger partial charge is 0.150 e. The molecule has 1 aliphatic rings. The molecule has 2 rings (SSSR count). The fourth-order valence-corrected chi connectivity index (χ4v) is 2.95. The molecule has 1 aromatic rings. The first-order chi connectivity index (χ1) is 9.09. The van der Waals surface area contributed by atoms with Gasteiger partial charge in [0.2, 0.25) is 0 Å². The molecule has 1 saturated heterocycles. The fourth-order valence-electron chi connectivity index (χ4n) is 2.09. The molecule has 2 nitrogen and oxygen atoms in total. The summed E-state index contributed by atoms with van der Waals surface area (Å²) >= 11 is 3.16. The average Bonchev–Trinajstić information content (AvgIpc) is 2.41. The Bertz CT molecular complexity index is 441. The van der Waals surface area contributed by atoms with Gasteiger partial charge in [0.15, 0.2) is 5.78 Å². The van der Waals surface area contributed by atoms with Crippen LogP contribution < -0.4 is 0 Å². The van der Waals surface area contributed by atoms with Gasteiger partial charge in [-0.25, -0.2) is 4.39 Å². The molecule has 0 amide bonds. The zero-order valence-corrected chi connectivity index (χ0v) is 14.1. The third-order valence-corrected chi connectivity index (χ3v) is 4.29. The van der Waals surface area contributed by atoms with Crippen LogP contribution in [0.1, 0.15) is 32.3 Å². The summed E-state index contributed by atoms with van der Waals surface area (Å²) in [5.74, 6) is -0.0603. The van der Waals surface area contributed by atoms with Gasteiger partial charge < -0.3 is 0 Å². The zero-order chi connectivity index (χ0) is 14.4. The van der Waals surface area contributed by atoms with Crippen LogP contribution in [0.25, 0.3) is 0 Å². The standard InChI is InChI=1S/C12H14BrFNOP.C2H6/c13-9-4-1-3-8(12(9)14)7-10-11(16)5-2-6-15(10)17;1-2/h1,3-4,10H,2,5-7,17H2;1-2H3. The molecule has 0 aliphatic carbocycles. The van der Waals surface area contributed by atoms with E-state index in [1.165, 1.54) is 0 Å². The number of carbonyl (C=O) groups is 1. The lowest BCUT2D eigenvalue weighted by molar-refractivity contribution is -0.124. The van der Waals surface area contributed by atoms with E-state index in [-0.39, 0.29) is 17.6 Å². The van der Waals surface area contributed by atoms with Crippen LogP contribution in [0.3, 0.4) is 0 Å². The predicted molar refractivity (Wildman–Crippen MR) is 83.6 cm³/mol. The molecule has 5 heteroatoms. The van der Waals surface area contributed by atoms with Gasteiger partial charge in [-0.15, -0.1) is 0 Å². The van der Waals surface area contributed by atoms with Gasteiger partial charge in [0.25, 0.3) is 0 Å². The highest BCUT2D eigenvalue weighted by molar-refractivity contribution is 9.10. The molecule has 2 unspecified atom stereocenters. The van der Waals surface area contributed by atoms with Crippen LogP contribution in [0.2, 0.25) is 0 Å². The number of Topliss-reactive ketones (excluding diaryl/α,β-unsaturated/α-hetero) is 1. The maximum atomic E-state index is 13.8. The van der Waals surface area contributed by atoms with Gasteiger partial charge in [-0.2, -0.15) is 0 Å². The van der Waals surface area contributed by atoms with Crippen LogP contribution in [0.15, 0.2) is 22.7 Å².